The highest BCUT2D eigenvalue weighted by Gasteiger charge is 2.33. The number of carbonyl (C=O) groups is 1. The van der Waals surface area contributed by atoms with Gasteiger partial charge in [0.05, 0.1) is 19.1 Å². The summed E-state index contributed by atoms with van der Waals surface area (Å²) in [5.41, 5.74) is 0. The molecule has 0 amide bonds. The Morgan fingerprint density at radius 3 is 2.53 bits per heavy atom. The number of hydrogen-bond acceptors (Lipinski definition) is 3. The molecule has 100 valence electrons. The highest BCUT2D eigenvalue weighted by atomic mass is 16.5. The average Bonchev–Trinajstić information content (AvgIpc) is 2.39. The summed E-state index contributed by atoms with van der Waals surface area (Å²) in [5, 5.41) is 10.4. The van der Waals surface area contributed by atoms with E-state index in [1.807, 2.05) is 0 Å². The van der Waals surface area contributed by atoms with Gasteiger partial charge in [0.2, 0.25) is 0 Å². The zero-order valence-corrected chi connectivity index (χ0v) is 11.2. The summed E-state index contributed by atoms with van der Waals surface area (Å²) < 4.78 is 4.82. The minimum absolute atomic E-state index is 0.239. The Labute approximate surface area is 105 Å². The molecule has 2 unspecified atom stereocenters. The molecule has 0 radical (unpaired) electrons. The van der Waals surface area contributed by atoms with Crippen LogP contribution in [0.4, 0.5) is 0 Å². The van der Waals surface area contributed by atoms with Gasteiger partial charge in [-0.05, 0) is 25.2 Å². The average molecular weight is 242 g/mol. The van der Waals surface area contributed by atoms with Gasteiger partial charge < -0.3 is 9.84 Å². The summed E-state index contributed by atoms with van der Waals surface area (Å²) in [5.74, 6) is -0.260. The van der Waals surface area contributed by atoms with Crippen LogP contribution in [-0.2, 0) is 9.53 Å². The van der Waals surface area contributed by atoms with Crippen molar-refractivity contribution >= 4 is 5.97 Å². The van der Waals surface area contributed by atoms with E-state index < -0.39 is 6.10 Å². The first-order valence-electron chi connectivity index (χ1n) is 6.96. The second kappa shape index (κ2) is 7.70. The van der Waals surface area contributed by atoms with Crippen LogP contribution in [0, 0.1) is 11.8 Å². The normalized spacial score (nSPS) is 20.9. The summed E-state index contributed by atoms with van der Waals surface area (Å²) >= 11 is 0. The van der Waals surface area contributed by atoms with E-state index in [-0.39, 0.29) is 11.9 Å². The molecule has 1 saturated carbocycles. The molecule has 1 N–H and O–H groups in total. The molecule has 0 heterocycles. The molecule has 3 nitrogen and oxygen atoms in total. The van der Waals surface area contributed by atoms with E-state index in [9.17, 15) is 9.90 Å². The highest BCUT2D eigenvalue weighted by Crippen LogP contribution is 2.31. The van der Waals surface area contributed by atoms with Gasteiger partial charge in [-0.3, -0.25) is 4.79 Å². The number of rotatable bonds is 6. The first kappa shape index (κ1) is 14.5. The minimum atomic E-state index is -0.505. The van der Waals surface area contributed by atoms with Crippen molar-refractivity contribution in [3.63, 3.8) is 0 Å². The Balaban J connectivity index is 2.56. The lowest BCUT2D eigenvalue weighted by atomic mass is 9.79. The molecule has 0 bridgehead atoms. The maximum atomic E-state index is 11.7. The second-order valence-corrected chi connectivity index (χ2v) is 5.16. The van der Waals surface area contributed by atoms with E-state index in [4.69, 9.17) is 4.74 Å². The third-order valence-corrected chi connectivity index (χ3v) is 3.92. The summed E-state index contributed by atoms with van der Waals surface area (Å²) in [6.07, 6.45) is 8.01. The maximum absolute atomic E-state index is 11.7. The quantitative estimate of drug-likeness (QED) is 0.728. The predicted molar refractivity (Wildman–Crippen MR) is 67.6 cm³/mol. The molecule has 0 aromatic carbocycles. The molecule has 2 atom stereocenters. The number of carbonyl (C=O) groups excluding carboxylic acids is 1. The Bertz CT molecular complexity index is 222. The Kier molecular flexibility index (Phi) is 6.56. The fourth-order valence-corrected chi connectivity index (χ4v) is 2.81. The fraction of sp³-hybridized carbons (Fsp3) is 0.929. The second-order valence-electron chi connectivity index (χ2n) is 5.16. The van der Waals surface area contributed by atoms with Crippen molar-refractivity contribution in [2.75, 3.05) is 7.11 Å². The van der Waals surface area contributed by atoms with Crippen LogP contribution in [0.25, 0.3) is 0 Å². The molecule has 1 fully saturated rings. The van der Waals surface area contributed by atoms with Gasteiger partial charge in [0.1, 0.15) is 0 Å². The summed E-state index contributed by atoms with van der Waals surface area (Å²) in [4.78, 5) is 11.7. The standard InChI is InChI=1S/C14H26O3/c1-3-4-10-12(14(16)17-2)13(15)11-8-6-5-7-9-11/h11-13,15H,3-10H2,1-2H3. The Hall–Kier alpha value is -0.570. The zero-order chi connectivity index (χ0) is 12.7. The van der Waals surface area contributed by atoms with Crippen molar-refractivity contribution in [2.24, 2.45) is 11.8 Å². The smallest absolute Gasteiger partial charge is 0.311 e. The maximum Gasteiger partial charge on any atom is 0.311 e. The van der Waals surface area contributed by atoms with E-state index in [0.29, 0.717) is 5.92 Å². The van der Waals surface area contributed by atoms with Crippen molar-refractivity contribution in [1.29, 1.82) is 0 Å². The van der Waals surface area contributed by atoms with E-state index in [1.165, 1.54) is 26.4 Å². The van der Waals surface area contributed by atoms with Crippen LogP contribution >= 0.6 is 0 Å². The number of aliphatic hydroxyl groups is 1. The van der Waals surface area contributed by atoms with Gasteiger partial charge in [-0.15, -0.1) is 0 Å². The lowest BCUT2D eigenvalue weighted by molar-refractivity contribution is -0.151. The van der Waals surface area contributed by atoms with Gasteiger partial charge in [-0.1, -0.05) is 39.0 Å². The number of unbranched alkanes of at least 4 members (excludes halogenated alkanes) is 1. The van der Waals surface area contributed by atoms with Crippen LogP contribution in [-0.4, -0.2) is 24.3 Å². The van der Waals surface area contributed by atoms with Crippen molar-refractivity contribution in [1.82, 2.24) is 0 Å². The first-order chi connectivity index (χ1) is 8.20. The molecule has 17 heavy (non-hydrogen) atoms. The molecule has 3 heteroatoms. The van der Waals surface area contributed by atoms with Crippen LogP contribution in [0.2, 0.25) is 0 Å². The SMILES string of the molecule is CCCCC(C(=O)OC)C(O)C1CCCCC1. The van der Waals surface area contributed by atoms with E-state index >= 15 is 0 Å². The fourth-order valence-electron chi connectivity index (χ4n) is 2.81. The van der Waals surface area contributed by atoms with E-state index in [2.05, 4.69) is 6.92 Å². The van der Waals surface area contributed by atoms with Crippen LogP contribution in [0.1, 0.15) is 58.3 Å². The van der Waals surface area contributed by atoms with Crippen LogP contribution < -0.4 is 0 Å². The summed E-state index contributed by atoms with van der Waals surface area (Å²) in [6.45, 7) is 2.10. The molecule has 1 rings (SSSR count). The molecule has 0 aromatic rings. The van der Waals surface area contributed by atoms with Gasteiger partial charge in [0.25, 0.3) is 0 Å². The minimum Gasteiger partial charge on any atom is -0.469 e. The predicted octanol–water partition coefficient (Wildman–Crippen LogP) is 2.91. The van der Waals surface area contributed by atoms with Gasteiger partial charge in [-0.25, -0.2) is 0 Å². The molecule has 1 aliphatic carbocycles. The number of esters is 1. The third-order valence-electron chi connectivity index (χ3n) is 3.92. The number of ether oxygens (including phenoxy) is 1. The number of methoxy groups -OCH3 is 1. The van der Waals surface area contributed by atoms with E-state index in [0.717, 1.165) is 32.1 Å². The van der Waals surface area contributed by atoms with Gasteiger partial charge in [-0.2, -0.15) is 0 Å². The van der Waals surface area contributed by atoms with Gasteiger partial charge in [0.15, 0.2) is 0 Å². The Morgan fingerprint density at radius 1 is 1.35 bits per heavy atom. The largest absolute Gasteiger partial charge is 0.469 e. The molecule has 0 aliphatic heterocycles. The number of hydrogen-bond donors (Lipinski definition) is 1. The molecular formula is C14H26O3. The lowest BCUT2D eigenvalue weighted by Crippen LogP contribution is -2.36. The lowest BCUT2D eigenvalue weighted by Gasteiger charge is -2.31. The molecule has 0 spiro atoms. The van der Waals surface area contributed by atoms with Crippen molar-refractivity contribution < 1.29 is 14.6 Å². The third kappa shape index (κ3) is 4.30. The highest BCUT2D eigenvalue weighted by molar-refractivity contribution is 5.72. The molecule has 0 saturated heterocycles. The van der Waals surface area contributed by atoms with Crippen LogP contribution in [0.3, 0.4) is 0 Å². The molecule has 0 aromatic heterocycles. The monoisotopic (exact) mass is 242 g/mol. The first-order valence-corrected chi connectivity index (χ1v) is 6.96. The zero-order valence-electron chi connectivity index (χ0n) is 11.2. The van der Waals surface area contributed by atoms with Crippen molar-refractivity contribution in [3.8, 4) is 0 Å². The Morgan fingerprint density at radius 2 is 2.00 bits per heavy atom. The molecule has 1 aliphatic rings. The van der Waals surface area contributed by atoms with E-state index in [1.54, 1.807) is 0 Å². The molecular weight excluding hydrogens is 216 g/mol. The van der Waals surface area contributed by atoms with Gasteiger partial charge >= 0.3 is 5.97 Å². The summed E-state index contributed by atoms with van der Waals surface area (Å²) in [6, 6.07) is 0. The van der Waals surface area contributed by atoms with Crippen molar-refractivity contribution in [2.45, 2.75) is 64.4 Å². The summed E-state index contributed by atoms with van der Waals surface area (Å²) in [7, 11) is 1.41. The van der Waals surface area contributed by atoms with Gasteiger partial charge in [0, 0.05) is 0 Å². The topological polar surface area (TPSA) is 46.5 Å². The van der Waals surface area contributed by atoms with Crippen LogP contribution in [0.15, 0.2) is 0 Å². The van der Waals surface area contributed by atoms with Crippen molar-refractivity contribution in [3.05, 3.63) is 0 Å². The van der Waals surface area contributed by atoms with Crippen LogP contribution in [0.5, 0.6) is 0 Å². The number of aliphatic hydroxyl groups excluding tert-OH is 1.